The Bertz CT molecular complexity index is 636. The maximum atomic E-state index is 11.8. The first-order valence-electron chi connectivity index (χ1n) is 7.82. The summed E-state index contributed by atoms with van der Waals surface area (Å²) in [5, 5.41) is 2.11. The molecule has 3 heterocycles. The number of thiophene rings is 1. The smallest absolute Gasteiger partial charge is 0.248 e. The number of hydrogen-bond donors (Lipinski definition) is 0. The maximum absolute atomic E-state index is 11.8. The molecule has 1 amide bonds. The van der Waals surface area contributed by atoms with Crippen molar-refractivity contribution in [3.8, 4) is 0 Å². The molecule has 0 saturated heterocycles. The Morgan fingerprint density at radius 1 is 1.35 bits per heavy atom. The van der Waals surface area contributed by atoms with E-state index in [1.165, 1.54) is 10.6 Å². The van der Waals surface area contributed by atoms with Gasteiger partial charge < -0.3 is 14.2 Å². The summed E-state index contributed by atoms with van der Waals surface area (Å²) in [6.07, 6.45) is 2.11. The third kappa shape index (κ3) is 4.22. The van der Waals surface area contributed by atoms with Gasteiger partial charge in [-0.1, -0.05) is 6.07 Å². The van der Waals surface area contributed by atoms with Crippen molar-refractivity contribution in [1.82, 2.24) is 14.4 Å². The van der Waals surface area contributed by atoms with Gasteiger partial charge in [-0.25, -0.2) is 0 Å². The fraction of sp³-hybridized carbons (Fsp3) is 0.471. The van der Waals surface area contributed by atoms with Crippen LogP contribution in [0.1, 0.15) is 10.6 Å². The molecule has 0 fully saturated rings. The lowest BCUT2D eigenvalue weighted by molar-refractivity contribution is -0.136. The van der Waals surface area contributed by atoms with Crippen LogP contribution in [-0.4, -0.2) is 53.6 Å². The highest BCUT2D eigenvalue weighted by Crippen LogP contribution is 2.19. The highest BCUT2D eigenvalue weighted by Gasteiger charge is 2.23. The Balaban J connectivity index is 1.68. The highest BCUT2D eigenvalue weighted by molar-refractivity contribution is 7.09. The van der Waals surface area contributed by atoms with E-state index in [1.807, 2.05) is 0 Å². The second-order valence-corrected chi connectivity index (χ2v) is 7.15. The van der Waals surface area contributed by atoms with E-state index >= 15 is 0 Å². The van der Waals surface area contributed by atoms with Crippen LogP contribution >= 0.6 is 11.3 Å². The van der Waals surface area contributed by atoms with Gasteiger partial charge in [0.05, 0.1) is 6.10 Å². The predicted octanol–water partition coefficient (Wildman–Crippen LogP) is 2.04. The van der Waals surface area contributed by atoms with Crippen molar-refractivity contribution < 1.29 is 9.53 Å². The molecule has 6 heteroatoms. The summed E-state index contributed by atoms with van der Waals surface area (Å²) in [5.74, 6) is 0.00628. The second-order valence-electron chi connectivity index (χ2n) is 6.12. The fourth-order valence-corrected chi connectivity index (χ4v) is 3.54. The number of nitrogens with zero attached hydrogens (tertiary/aromatic N) is 3. The molecule has 0 aromatic carbocycles. The van der Waals surface area contributed by atoms with Crippen LogP contribution in [0.3, 0.4) is 0 Å². The first-order valence-corrected chi connectivity index (χ1v) is 8.70. The lowest BCUT2D eigenvalue weighted by atomic mass is 10.3. The molecule has 1 atom stereocenters. The summed E-state index contributed by atoms with van der Waals surface area (Å²) >= 11 is 1.78. The Kier molecular flexibility index (Phi) is 5.15. The van der Waals surface area contributed by atoms with Crippen molar-refractivity contribution in [2.45, 2.75) is 25.7 Å². The lowest BCUT2D eigenvalue weighted by Gasteiger charge is -2.24. The van der Waals surface area contributed by atoms with Crippen LogP contribution in [0.2, 0.25) is 0 Å². The Morgan fingerprint density at radius 2 is 2.22 bits per heavy atom. The van der Waals surface area contributed by atoms with Crippen LogP contribution in [0.15, 0.2) is 35.8 Å². The molecule has 0 radical (unpaired) electrons. The van der Waals surface area contributed by atoms with Crippen molar-refractivity contribution in [3.05, 3.63) is 46.4 Å². The van der Waals surface area contributed by atoms with Gasteiger partial charge in [-0.05, 0) is 23.6 Å². The molecule has 2 aromatic heterocycles. The minimum atomic E-state index is 0.00628. The molecule has 0 N–H and O–H groups in total. The summed E-state index contributed by atoms with van der Waals surface area (Å²) in [4.78, 5) is 17.1. The predicted molar refractivity (Wildman–Crippen MR) is 91.3 cm³/mol. The van der Waals surface area contributed by atoms with Crippen LogP contribution < -0.4 is 0 Å². The molecular weight excluding hydrogens is 310 g/mol. The minimum Gasteiger partial charge on any atom is -0.365 e. The van der Waals surface area contributed by atoms with E-state index < -0.39 is 0 Å². The van der Waals surface area contributed by atoms with E-state index in [1.54, 1.807) is 30.3 Å². The van der Waals surface area contributed by atoms with Gasteiger partial charge in [-0.2, -0.15) is 0 Å². The van der Waals surface area contributed by atoms with E-state index in [-0.39, 0.29) is 18.6 Å². The summed E-state index contributed by atoms with van der Waals surface area (Å²) < 4.78 is 8.15. The third-order valence-electron chi connectivity index (χ3n) is 4.07. The van der Waals surface area contributed by atoms with Crippen LogP contribution in [0.5, 0.6) is 0 Å². The number of carbonyl (C=O) groups excluding carboxylic acids is 1. The molecule has 1 aliphatic heterocycles. The number of aromatic nitrogens is 1. The zero-order valence-corrected chi connectivity index (χ0v) is 14.5. The Morgan fingerprint density at radius 3 is 2.96 bits per heavy atom. The van der Waals surface area contributed by atoms with Crippen molar-refractivity contribution in [3.63, 3.8) is 0 Å². The number of fused-ring (bicyclic) bond motifs is 1. The summed E-state index contributed by atoms with van der Waals surface area (Å²) in [7, 11) is 3.51. The normalized spacial score (nSPS) is 18.4. The van der Waals surface area contributed by atoms with Crippen molar-refractivity contribution in [2.75, 3.05) is 27.2 Å². The van der Waals surface area contributed by atoms with Gasteiger partial charge in [0.2, 0.25) is 5.91 Å². The molecule has 124 valence electrons. The van der Waals surface area contributed by atoms with Crippen LogP contribution in [-0.2, 0) is 29.2 Å². The van der Waals surface area contributed by atoms with Crippen LogP contribution in [0.25, 0.3) is 0 Å². The number of ether oxygens (including phenoxy) is 1. The van der Waals surface area contributed by atoms with Crippen LogP contribution in [0, 0.1) is 0 Å². The zero-order valence-electron chi connectivity index (χ0n) is 13.6. The molecule has 1 unspecified atom stereocenters. The quantitative estimate of drug-likeness (QED) is 0.840. The van der Waals surface area contributed by atoms with Crippen LogP contribution in [0.4, 0.5) is 0 Å². The van der Waals surface area contributed by atoms with Gasteiger partial charge in [-0.15, -0.1) is 11.3 Å². The fourth-order valence-electron chi connectivity index (χ4n) is 2.80. The summed E-state index contributed by atoms with van der Waals surface area (Å²) in [6.45, 7) is 3.60. The molecule has 5 nitrogen and oxygen atoms in total. The molecule has 1 aliphatic rings. The van der Waals surface area contributed by atoms with Gasteiger partial charge in [0.25, 0.3) is 0 Å². The monoisotopic (exact) mass is 333 g/mol. The number of amides is 1. The van der Waals surface area contributed by atoms with E-state index in [2.05, 4.69) is 45.3 Å². The summed E-state index contributed by atoms with van der Waals surface area (Å²) in [6, 6.07) is 8.49. The first-order chi connectivity index (χ1) is 11.1. The molecule has 23 heavy (non-hydrogen) atoms. The number of carbonyl (C=O) groups is 1. The van der Waals surface area contributed by atoms with Gasteiger partial charge in [0.15, 0.2) is 0 Å². The Hall–Kier alpha value is -1.63. The van der Waals surface area contributed by atoms with Gasteiger partial charge >= 0.3 is 0 Å². The number of rotatable bonds is 5. The summed E-state index contributed by atoms with van der Waals surface area (Å²) in [5.41, 5.74) is 1.30. The van der Waals surface area contributed by atoms with E-state index in [9.17, 15) is 4.79 Å². The zero-order chi connectivity index (χ0) is 16.2. The maximum Gasteiger partial charge on any atom is 0.248 e. The first kappa shape index (κ1) is 16.2. The van der Waals surface area contributed by atoms with E-state index in [0.717, 1.165) is 26.2 Å². The van der Waals surface area contributed by atoms with Gasteiger partial charge in [-0.3, -0.25) is 9.69 Å². The highest BCUT2D eigenvalue weighted by atomic mass is 32.1. The SMILES string of the molecule is CN(C)C(=O)COC1CN(Cc2cccs2)Cc2cccn2C1. The minimum absolute atomic E-state index is 0.00628. The van der Waals surface area contributed by atoms with E-state index in [0.29, 0.717) is 0 Å². The second kappa shape index (κ2) is 7.29. The molecule has 0 bridgehead atoms. The molecule has 0 saturated carbocycles. The van der Waals surface area contributed by atoms with Crippen molar-refractivity contribution in [1.29, 1.82) is 0 Å². The number of likely N-dealkylation sites (N-methyl/N-ethyl adjacent to an activating group) is 1. The Labute approximate surface area is 141 Å². The third-order valence-corrected chi connectivity index (χ3v) is 4.93. The molecule has 3 rings (SSSR count). The standard InChI is InChI=1S/C17H23N3O2S/c1-18(2)17(21)13-22-15-10-19(12-16-6-4-8-23-16)9-14-5-3-7-20(14)11-15/h3-8,15H,9-13H2,1-2H3. The average Bonchev–Trinajstić information content (AvgIpc) is 3.14. The molecule has 0 aliphatic carbocycles. The van der Waals surface area contributed by atoms with Crippen molar-refractivity contribution in [2.24, 2.45) is 0 Å². The van der Waals surface area contributed by atoms with Gasteiger partial charge in [0, 0.05) is 57.0 Å². The van der Waals surface area contributed by atoms with E-state index in [4.69, 9.17) is 4.74 Å². The number of hydrogen-bond acceptors (Lipinski definition) is 4. The average molecular weight is 333 g/mol. The molecule has 2 aromatic rings. The molecule has 0 spiro atoms. The topological polar surface area (TPSA) is 37.7 Å². The lowest BCUT2D eigenvalue weighted by Crippen LogP contribution is -2.35. The largest absolute Gasteiger partial charge is 0.365 e. The van der Waals surface area contributed by atoms with Gasteiger partial charge in [0.1, 0.15) is 6.61 Å². The van der Waals surface area contributed by atoms with Crippen molar-refractivity contribution >= 4 is 17.2 Å². The molecular formula is C17H23N3O2S.